The summed E-state index contributed by atoms with van der Waals surface area (Å²) in [6.45, 7) is 1.27. The van der Waals surface area contributed by atoms with Gasteiger partial charge in [-0.3, -0.25) is 9.59 Å². The minimum absolute atomic E-state index is 0.120. The largest absolute Gasteiger partial charge is 0.480 e. The summed E-state index contributed by atoms with van der Waals surface area (Å²) >= 11 is 0. The van der Waals surface area contributed by atoms with Crippen molar-refractivity contribution >= 4 is 21.9 Å². The van der Waals surface area contributed by atoms with Gasteiger partial charge in [-0.25, -0.2) is 8.42 Å². The molecule has 1 aromatic carbocycles. The number of carboxylic acid groups (broad SMARTS) is 1. The van der Waals surface area contributed by atoms with Gasteiger partial charge in [-0.15, -0.1) is 0 Å². The van der Waals surface area contributed by atoms with E-state index in [1.165, 1.54) is 43.1 Å². The zero-order valence-corrected chi connectivity index (χ0v) is 13.1. The highest BCUT2D eigenvalue weighted by atomic mass is 32.2. The average Bonchev–Trinajstić information content (AvgIpc) is 2.44. The van der Waals surface area contributed by atoms with Crippen LogP contribution >= 0.6 is 0 Å². The molecule has 116 valence electrons. The predicted octanol–water partition coefficient (Wildman–Crippen LogP) is 0.482. The second kappa shape index (κ2) is 6.23. The van der Waals surface area contributed by atoms with E-state index in [2.05, 4.69) is 0 Å². The van der Waals surface area contributed by atoms with Crippen LogP contribution in [0.1, 0.15) is 17.3 Å². The van der Waals surface area contributed by atoms with E-state index in [4.69, 9.17) is 5.11 Å². The van der Waals surface area contributed by atoms with Gasteiger partial charge < -0.3 is 10.0 Å². The maximum absolute atomic E-state index is 12.4. The van der Waals surface area contributed by atoms with Crippen LogP contribution in [0, 0.1) is 0 Å². The number of nitrogens with zero attached hydrogens (tertiary/aromatic N) is 2. The Morgan fingerprint density at radius 2 is 1.76 bits per heavy atom. The van der Waals surface area contributed by atoms with Crippen LogP contribution in [0.4, 0.5) is 0 Å². The highest BCUT2D eigenvalue weighted by molar-refractivity contribution is 7.89. The van der Waals surface area contributed by atoms with Crippen molar-refractivity contribution in [1.29, 1.82) is 0 Å². The molecule has 0 aromatic heterocycles. The molecule has 0 spiro atoms. The third kappa shape index (κ3) is 3.59. The minimum Gasteiger partial charge on any atom is -0.480 e. The van der Waals surface area contributed by atoms with Crippen LogP contribution in [0.25, 0.3) is 0 Å². The number of likely N-dealkylation sites (N-methyl/N-ethyl adjacent to an activating group) is 1. The molecule has 0 aliphatic carbocycles. The van der Waals surface area contributed by atoms with Gasteiger partial charge in [-0.2, -0.15) is 4.31 Å². The number of amides is 1. The maximum atomic E-state index is 12.4. The van der Waals surface area contributed by atoms with E-state index < -0.39 is 22.0 Å². The third-order valence-corrected chi connectivity index (χ3v) is 4.99. The van der Waals surface area contributed by atoms with Crippen molar-refractivity contribution in [3.05, 3.63) is 29.8 Å². The summed E-state index contributed by atoms with van der Waals surface area (Å²) in [6.07, 6.45) is 0. The molecular weight excluding hydrogens is 296 g/mol. The van der Waals surface area contributed by atoms with Gasteiger partial charge in [0, 0.05) is 26.7 Å². The molecule has 0 aliphatic heterocycles. The molecule has 1 amide bonds. The van der Waals surface area contributed by atoms with Gasteiger partial charge in [0.2, 0.25) is 10.0 Å². The van der Waals surface area contributed by atoms with Gasteiger partial charge in [0.25, 0.3) is 5.91 Å². The summed E-state index contributed by atoms with van der Waals surface area (Å²) in [5.74, 6) is -1.58. The molecule has 0 fully saturated rings. The van der Waals surface area contributed by atoms with Crippen LogP contribution < -0.4 is 0 Å². The van der Waals surface area contributed by atoms with Gasteiger partial charge in [-0.05, 0) is 25.1 Å². The molecule has 0 unspecified atom stereocenters. The molecule has 1 N–H and O–H groups in total. The van der Waals surface area contributed by atoms with Crippen LogP contribution in [0.15, 0.2) is 29.2 Å². The first-order valence-electron chi connectivity index (χ1n) is 6.11. The van der Waals surface area contributed by atoms with E-state index >= 15 is 0 Å². The Balaban J connectivity index is 3.24. The Labute approximate surface area is 123 Å². The van der Waals surface area contributed by atoms with Crippen molar-refractivity contribution < 1.29 is 23.1 Å². The Kier molecular flexibility index (Phi) is 5.08. The van der Waals surface area contributed by atoms with E-state index in [-0.39, 0.29) is 16.4 Å². The number of hydrogen-bond acceptors (Lipinski definition) is 4. The molecule has 0 bridgehead atoms. The number of aliphatic carboxylic acids is 1. The number of carbonyl (C=O) groups is 2. The van der Waals surface area contributed by atoms with E-state index in [1.807, 2.05) is 0 Å². The highest BCUT2D eigenvalue weighted by Gasteiger charge is 2.29. The van der Waals surface area contributed by atoms with Gasteiger partial charge in [-0.1, -0.05) is 6.07 Å². The second-order valence-electron chi connectivity index (χ2n) is 4.76. The summed E-state index contributed by atoms with van der Waals surface area (Å²) in [5, 5.41) is 8.91. The van der Waals surface area contributed by atoms with Crippen molar-refractivity contribution in [2.45, 2.75) is 17.9 Å². The SMILES string of the molecule is C[C@H](C(=O)O)N(C)S(=O)(=O)c1cccc(C(=O)N(C)C)c1. The third-order valence-electron chi connectivity index (χ3n) is 3.07. The second-order valence-corrected chi connectivity index (χ2v) is 6.76. The molecule has 1 rings (SSSR count). The van der Waals surface area contributed by atoms with Gasteiger partial charge >= 0.3 is 5.97 Å². The van der Waals surface area contributed by atoms with Crippen molar-refractivity contribution in [3.8, 4) is 0 Å². The molecule has 0 radical (unpaired) electrons. The van der Waals surface area contributed by atoms with Crippen molar-refractivity contribution in [1.82, 2.24) is 9.21 Å². The minimum atomic E-state index is -3.98. The van der Waals surface area contributed by atoms with Crippen LogP contribution in [0.2, 0.25) is 0 Å². The molecular formula is C13H18N2O5S. The lowest BCUT2D eigenvalue weighted by molar-refractivity contribution is -0.140. The molecule has 0 aliphatic rings. The van der Waals surface area contributed by atoms with Crippen LogP contribution in [-0.4, -0.2) is 61.8 Å². The molecule has 1 atom stereocenters. The van der Waals surface area contributed by atoms with Crippen LogP contribution in [0.3, 0.4) is 0 Å². The molecule has 0 saturated heterocycles. The number of hydrogen-bond donors (Lipinski definition) is 1. The zero-order chi connectivity index (χ0) is 16.4. The van der Waals surface area contributed by atoms with Crippen LogP contribution in [0.5, 0.6) is 0 Å². The fourth-order valence-corrected chi connectivity index (χ4v) is 2.94. The fourth-order valence-electron chi connectivity index (χ4n) is 1.58. The summed E-state index contributed by atoms with van der Waals surface area (Å²) in [6, 6.07) is 4.31. The molecule has 0 saturated carbocycles. The number of carbonyl (C=O) groups excluding carboxylic acids is 1. The summed E-state index contributed by atoms with van der Waals surface area (Å²) < 4.78 is 25.5. The molecule has 0 heterocycles. The lowest BCUT2D eigenvalue weighted by Crippen LogP contribution is -2.40. The molecule has 21 heavy (non-hydrogen) atoms. The predicted molar refractivity (Wildman–Crippen MR) is 76.5 cm³/mol. The standard InChI is InChI=1S/C13H18N2O5S/c1-9(13(17)18)15(4)21(19,20)11-7-5-6-10(8-11)12(16)14(2)3/h5-9H,1-4H3,(H,17,18)/t9-/m1/s1. The van der Waals surface area contributed by atoms with E-state index in [9.17, 15) is 18.0 Å². The number of rotatable bonds is 5. The normalized spacial score (nSPS) is 13.0. The summed E-state index contributed by atoms with van der Waals surface area (Å²) in [5.41, 5.74) is 0.220. The number of benzene rings is 1. The summed E-state index contributed by atoms with van der Waals surface area (Å²) in [7, 11) is 0.321. The van der Waals surface area contributed by atoms with Gasteiger partial charge in [0.15, 0.2) is 0 Å². The Morgan fingerprint density at radius 1 is 1.19 bits per heavy atom. The Hall–Kier alpha value is -1.93. The smallest absolute Gasteiger partial charge is 0.321 e. The van der Waals surface area contributed by atoms with Crippen molar-refractivity contribution in [2.24, 2.45) is 0 Å². The van der Waals surface area contributed by atoms with E-state index in [1.54, 1.807) is 14.1 Å². The Morgan fingerprint density at radius 3 is 2.24 bits per heavy atom. The maximum Gasteiger partial charge on any atom is 0.321 e. The molecule has 1 aromatic rings. The van der Waals surface area contributed by atoms with Crippen LogP contribution in [-0.2, 0) is 14.8 Å². The lowest BCUT2D eigenvalue weighted by atomic mass is 10.2. The topological polar surface area (TPSA) is 95.0 Å². The van der Waals surface area contributed by atoms with Crippen molar-refractivity contribution in [2.75, 3.05) is 21.1 Å². The van der Waals surface area contributed by atoms with E-state index in [0.29, 0.717) is 0 Å². The molecule has 8 heteroatoms. The van der Waals surface area contributed by atoms with Gasteiger partial charge in [0.05, 0.1) is 4.90 Å². The first kappa shape index (κ1) is 17.1. The first-order valence-corrected chi connectivity index (χ1v) is 7.55. The Bertz CT molecular complexity index is 654. The average molecular weight is 314 g/mol. The highest BCUT2D eigenvalue weighted by Crippen LogP contribution is 2.18. The van der Waals surface area contributed by atoms with Crippen molar-refractivity contribution in [3.63, 3.8) is 0 Å². The summed E-state index contributed by atoms with van der Waals surface area (Å²) in [4.78, 5) is 24.0. The first-order chi connectivity index (χ1) is 9.59. The lowest BCUT2D eigenvalue weighted by Gasteiger charge is -2.21. The quantitative estimate of drug-likeness (QED) is 0.853. The number of sulfonamides is 1. The van der Waals surface area contributed by atoms with Gasteiger partial charge in [0.1, 0.15) is 6.04 Å². The van der Waals surface area contributed by atoms with E-state index in [0.717, 1.165) is 4.31 Å². The zero-order valence-electron chi connectivity index (χ0n) is 12.3. The number of carboxylic acids is 1. The fraction of sp³-hybridized carbons (Fsp3) is 0.385. The molecule has 7 nitrogen and oxygen atoms in total. The monoisotopic (exact) mass is 314 g/mol.